The minimum atomic E-state index is -0.371. The van der Waals surface area contributed by atoms with Gasteiger partial charge in [-0.1, -0.05) is 23.2 Å². The van der Waals surface area contributed by atoms with Crippen LogP contribution >= 0.6 is 34.5 Å². The number of carbonyl (C=O) groups is 1. The topological polar surface area (TPSA) is 80.0 Å². The van der Waals surface area contributed by atoms with E-state index in [1.54, 1.807) is 18.2 Å². The second kappa shape index (κ2) is 6.41. The molecule has 0 radical (unpaired) electrons. The van der Waals surface area contributed by atoms with Gasteiger partial charge < -0.3 is 10.7 Å². The van der Waals surface area contributed by atoms with Crippen LogP contribution in [-0.2, 0) is 0 Å². The quantitative estimate of drug-likeness (QED) is 0.594. The molecule has 20 heavy (non-hydrogen) atoms. The molecule has 8 heteroatoms. The summed E-state index contributed by atoms with van der Waals surface area (Å²) in [7, 11) is 0. The lowest BCUT2D eigenvalue weighted by Gasteiger charge is -2.13. The molecule has 0 aliphatic carbocycles. The highest BCUT2D eigenvalue weighted by Crippen LogP contribution is 2.27. The summed E-state index contributed by atoms with van der Waals surface area (Å²) in [5, 5.41) is 3.08. The first-order chi connectivity index (χ1) is 9.51. The Morgan fingerprint density at radius 1 is 1.35 bits per heavy atom. The Morgan fingerprint density at radius 3 is 2.70 bits per heavy atom. The van der Waals surface area contributed by atoms with Gasteiger partial charge in [-0.25, -0.2) is 10.8 Å². The van der Waals surface area contributed by atoms with Crippen molar-refractivity contribution in [2.24, 2.45) is 5.84 Å². The summed E-state index contributed by atoms with van der Waals surface area (Å²) in [6.07, 6.45) is 0. The van der Waals surface area contributed by atoms with Crippen molar-refractivity contribution in [1.29, 1.82) is 0 Å². The fourth-order valence-corrected chi connectivity index (χ4v) is 2.83. The lowest BCUT2D eigenvalue weighted by Crippen LogP contribution is -2.27. The zero-order chi connectivity index (χ0) is 14.7. The molecule has 0 spiro atoms. The van der Waals surface area contributed by atoms with Crippen LogP contribution < -0.4 is 16.6 Å². The number of amides is 1. The Balaban J connectivity index is 2.15. The fourth-order valence-electron chi connectivity index (χ4n) is 1.58. The van der Waals surface area contributed by atoms with E-state index >= 15 is 0 Å². The van der Waals surface area contributed by atoms with Gasteiger partial charge in [-0.15, -0.1) is 11.3 Å². The SMILES string of the molecule is CC(NC(=O)c1nc(NN)ccc1Cl)c1ccc(Cl)s1. The van der Waals surface area contributed by atoms with Gasteiger partial charge >= 0.3 is 0 Å². The highest BCUT2D eigenvalue weighted by atomic mass is 35.5. The molecule has 1 atom stereocenters. The normalized spacial score (nSPS) is 12.0. The minimum absolute atomic E-state index is 0.122. The molecule has 0 aliphatic rings. The van der Waals surface area contributed by atoms with Crippen molar-refractivity contribution in [2.75, 3.05) is 5.43 Å². The van der Waals surface area contributed by atoms with E-state index in [1.165, 1.54) is 11.3 Å². The maximum atomic E-state index is 12.2. The molecule has 1 amide bonds. The number of thiophene rings is 1. The molecular weight excluding hydrogens is 319 g/mol. The first-order valence-corrected chi connectivity index (χ1v) is 7.27. The number of hydrogen-bond acceptors (Lipinski definition) is 5. The first kappa shape index (κ1) is 15.1. The fraction of sp³-hybridized carbons (Fsp3) is 0.167. The molecule has 0 saturated heterocycles. The van der Waals surface area contributed by atoms with E-state index in [2.05, 4.69) is 15.7 Å². The van der Waals surface area contributed by atoms with E-state index in [-0.39, 0.29) is 22.7 Å². The number of nitrogens with zero attached hydrogens (tertiary/aromatic N) is 1. The second-order valence-electron chi connectivity index (χ2n) is 4.01. The van der Waals surface area contributed by atoms with Gasteiger partial charge in [0.1, 0.15) is 11.5 Å². The molecule has 2 rings (SSSR count). The molecule has 2 aromatic rings. The maximum absolute atomic E-state index is 12.2. The summed E-state index contributed by atoms with van der Waals surface area (Å²) in [5.41, 5.74) is 2.49. The number of anilines is 1. The Bertz CT molecular complexity index is 632. The molecule has 0 saturated carbocycles. The van der Waals surface area contributed by atoms with Gasteiger partial charge in [-0.3, -0.25) is 4.79 Å². The molecule has 0 bridgehead atoms. The van der Waals surface area contributed by atoms with Crippen molar-refractivity contribution in [3.8, 4) is 0 Å². The maximum Gasteiger partial charge on any atom is 0.272 e. The summed E-state index contributed by atoms with van der Waals surface area (Å²) in [6, 6.07) is 6.61. The van der Waals surface area contributed by atoms with Crippen molar-refractivity contribution in [3.05, 3.63) is 44.2 Å². The van der Waals surface area contributed by atoms with Gasteiger partial charge in [0.25, 0.3) is 5.91 Å². The van der Waals surface area contributed by atoms with Gasteiger partial charge in [0, 0.05) is 4.88 Å². The monoisotopic (exact) mass is 330 g/mol. The van der Waals surface area contributed by atoms with E-state index in [9.17, 15) is 4.79 Å². The molecule has 4 N–H and O–H groups in total. The van der Waals surface area contributed by atoms with Crippen LogP contribution in [0.15, 0.2) is 24.3 Å². The first-order valence-electron chi connectivity index (χ1n) is 5.70. The van der Waals surface area contributed by atoms with E-state index < -0.39 is 0 Å². The highest BCUT2D eigenvalue weighted by molar-refractivity contribution is 7.16. The summed E-state index contributed by atoms with van der Waals surface area (Å²) in [4.78, 5) is 17.2. The molecule has 5 nitrogen and oxygen atoms in total. The lowest BCUT2D eigenvalue weighted by molar-refractivity contribution is 0.0936. The molecule has 0 aliphatic heterocycles. The lowest BCUT2D eigenvalue weighted by atomic mass is 10.2. The Kier molecular flexibility index (Phi) is 4.82. The number of halogens is 2. The Morgan fingerprint density at radius 2 is 2.10 bits per heavy atom. The number of nitrogens with one attached hydrogen (secondary N) is 2. The van der Waals surface area contributed by atoms with Crippen molar-refractivity contribution in [1.82, 2.24) is 10.3 Å². The summed E-state index contributed by atoms with van der Waals surface area (Å²) in [6.45, 7) is 1.86. The standard InChI is InChI=1S/C12H12Cl2N4OS/c1-6(8-3-4-9(14)20-8)16-12(19)11-7(13)2-5-10(17-11)18-15/h2-6H,15H2,1H3,(H,16,19)(H,17,18). The van der Waals surface area contributed by atoms with Crippen LogP contribution in [-0.4, -0.2) is 10.9 Å². The molecule has 0 aromatic carbocycles. The van der Waals surface area contributed by atoms with Gasteiger partial charge in [0.05, 0.1) is 15.4 Å². The molecule has 2 heterocycles. The van der Waals surface area contributed by atoms with Crippen LogP contribution in [0.2, 0.25) is 9.36 Å². The Labute approximate surface area is 130 Å². The van der Waals surface area contributed by atoms with Crippen LogP contribution in [0, 0.1) is 0 Å². The average Bonchev–Trinajstić information content (AvgIpc) is 2.86. The number of rotatable bonds is 4. The second-order valence-corrected chi connectivity index (χ2v) is 6.16. The largest absolute Gasteiger partial charge is 0.343 e. The molecular formula is C12H12Cl2N4OS. The van der Waals surface area contributed by atoms with Crippen LogP contribution in [0.3, 0.4) is 0 Å². The van der Waals surface area contributed by atoms with Crippen LogP contribution in [0.25, 0.3) is 0 Å². The third kappa shape index (κ3) is 3.40. The minimum Gasteiger partial charge on any atom is -0.343 e. The van der Waals surface area contributed by atoms with Crippen molar-refractivity contribution >= 4 is 46.3 Å². The number of aromatic nitrogens is 1. The van der Waals surface area contributed by atoms with Crippen LogP contribution in [0.1, 0.15) is 28.3 Å². The number of nitrogen functional groups attached to an aromatic ring is 1. The van der Waals surface area contributed by atoms with Crippen molar-refractivity contribution < 1.29 is 4.79 Å². The third-order valence-corrected chi connectivity index (χ3v) is 4.30. The van der Waals surface area contributed by atoms with Gasteiger partial charge in [0.2, 0.25) is 0 Å². The zero-order valence-corrected chi connectivity index (χ0v) is 12.8. The molecule has 1 unspecified atom stereocenters. The van der Waals surface area contributed by atoms with E-state index in [0.717, 1.165) is 4.88 Å². The number of nitrogens with two attached hydrogens (primary N) is 1. The van der Waals surface area contributed by atoms with Gasteiger partial charge in [-0.05, 0) is 31.2 Å². The summed E-state index contributed by atoms with van der Waals surface area (Å²) in [5.74, 6) is 5.26. The van der Waals surface area contributed by atoms with E-state index in [1.807, 2.05) is 13.0 Å². The van der Waals surface area contributed by atoms with Crippen LogP contribution in [0.5, 0.6) is 0 Å². The van der Waals surface area contributed by atoms with Crippen LogP contribution in [0.4, 0.5) is 5.82 Å². The molecule has 106 valence electrons. The molecule has 0 fully saturated rings. The summed E-state index contributed by atoms with van der Waals surface area (Å²) >= 11 is 13.3. The van der Waals surface area contributed by atoms with Gasteiger partial charge in [0.15, 0.2) is 0 Å². The summed E-state index contributed by atoms with van der Waals surface area (Å²) < 4.78 is 0.673. The van der Waals surface area contributed by atoms with Crippen molar-refractivity contribution in [3.63, 3.8) is 0 Å². The smallest absolute Gasteiger partial charge is 0.272 e. The van der Waals surface area contributed by atoms with Crippen molar-refractivity contribution in [2.45, 2.75) is 13.0 Å². The Hall–Kier alpha value is -1.34. The predicted molar refractivity (Wildman–Crippen MR) is 82.3 cm³/mol. The number of hydrazine groups is 1. The number of hydrogen-bond donors (Lipinski definition) is 3. The van der Waals surface area contributed by atoms with E-state index in [4.69, 9.17) is 29.0 Å². The zero-order valence-electron chi connectivity index (χ0n) is 10.5. The number of pyridine rings is 1. The predicted octanol–water partition coefficient (Wildman–Crippen LogP) is 3.23. The van der Waals surface area contributed by atoms with Gasteiger partial charge in [-0.2, -0.15) is 0 Å². The third-order valence-electron chi connectivity index (χ3n) is 2.58. The van der Waals surface area contributed by atoms with E-state index in [0.29, 0.717) is 10.2 Å². The number of carbonyl (C=O) groups excluding carboxylic acids is 1. The average molecular weight is 331 g/mol. The highest BCUT2D eigenvalue weighted by Gasteiger charge is 2.17. The molecule has 2 aromatic heterocycles.